The Kier molecular flexibility index (Phi) is 5.70. The molecule has 3 fully saturated rings. The van der Waals surface area contributed by atoms with Crippen LogP contribution in [0.4, 0.5) is 4.79 Å². The number of carbonyl (C=O) groups is 1. The maximum absolute atomic E-state index is 12.4. The van der Waals surface area contributed by atoms with Gasteiger partial charge in [-0.3, -0.25) is 9.80 Å². The SMILES string of the molecule is CC(C)(C)OC(=O)N1CCC[C@H]1CN1CCN(C2CCCC2)CC1. The zero-order valence-corrected chi connectivity index (χ0v) is 15.8. The molecule has 138 valence electrons. The molecule has 1 amide bonds. The second-order valence-electron chi connectivity index (χ2n) is 8.74. The summed E-state index contributed by atoms with van der Waals surface area (Å²) in [5.74, 6) is 0. The van der Waals surface area contributed by atoms with Gasteiger partial charge < -0.3 is 9.64 Å². The molecule has 0 aromatic heterocycles. The van der Waals surface area contributed by atoms with Crippen LogP contribution in [0, 0.1) is 0 Å². The molecular formula is C19H35N3O2. The van der Waals surface area contributed by atoms with E-state index in [2.05, 4.69) is 9.80 Å². The molecule has 3 rings (SSSR count). The van der Waals surface area contributed by atoms with Crippen LogP contribution in [-0.2, 0) is 4.74 Å². The van der Waals surface area contributed by atoms with Crippen LogP contribution in [0.1, 0.15) is 59.3 Å². The lowest BCUT2D eigenvalue weighted by Crippen LogP contribution is -2.53. The van der Waals surface area contributed by atoms with Gasteiger partial charge in [-0.1, -0.05) is 12.8 Å². The van der Waals surface area contributed by atoms with E-state index < -0.39 is 5.60 Å². The number of amides is 1. The number of carbonyl (C=O) groups excluding carboxylic acids is 1. The van der Waals surface area contributed by atoms with Gasteiger partial charge in [0.05, 0.1) is 0 Å². The standard InChI is InChI=1S/C19H35N3O2/c1-19(2,3)24-18(23)22-10-6-9-17(22)15-20-11-13-21(14-12-20)16-7-4-5-8-16/h16-17H,4-15H2,1-3H3/t17-/m0/s1. The summed E-state index contributed by atoms with van der Waals surface area (Å²) in [5, 5.41) is 0. The average molecular weight is 338 g/mol. The van der Waals surface area contributed by atoms with Gasteiger partial charge in [0.15, 0.2) is 0 Å². The number of rotatable bonds is 3. The molecule has 2 heterocycles. The smallest absolute Gasteiger partial charge is 0.410 e. The van der Waals surface area contributed by atoms with Crippen LogP contribution >= 0.6 is 0 Å². The summed E-state index contributed by atoms with van der Waals surface area (Å²) in [5.41, 5.74) is -0.406. The van der Waals surface area contributed by atoms with Gasteiger partial charge in [0, 0.05) is 51.4 Å². The van der Waals surface area contributed by atoms with E-state index in [1.54, 1.807) is 0 Å². The van der Waals surface area contributed by atoms with E-state index in [9.17, 15) is 4.79 Å². The fraction of sp³-hybridized carbons (Fsp3) is 0.947. The zero-order valence-electron chi connectivity index (χ0n) is 15.8. The molecule has 0 aromatic carbocycles. The highest BCUT2D eigenvalue weighted by molar-refractivity contribution is 5.69. The Morgan fingerprint density at radius 3 is 2.25 bits per heavy atom. The Balaban J connectivity index is 1.46. The Hall–Kier alpha value is -0.810. The molecule has 0 aromatic rings. The van der Waals surface area contributed by atoms with E-state index in [0.29, 0.717) is 6.04 Å². The van der Waals surface area contributed by atoms with E-state index in [1.165, 1.54) is 38.8 Å². The van der Waals surface area contributed by atoms with Crippen LogP contribution in [0.3, 0.4) is 0 Å². The molecular weight excluding hydrogens is 302 g/mol. The molecule has 0 spiro atoms. The lowest BCUT2D eigenvalue weighted by atomic mass is 10.1. The molecule has 3 aliphatic rings. The van der Waals surface area contributed by atoms with Gasteiger partial charge in [-0.2, -0.15) is 0 Å². The van der Waals surface area contributed by atoms with E-state index in [1.807, 2.05) is 25.7 Å². The fourth-order valence-electron chi connectivity index (χ4n) is 4.46. The predicted molar refractivity (Wildman–Crippen MR) is 96.2 cm³/mol. The van der Waals surface area contributed by atoms with E-state index in [-0.39, 0.29) is 6.09 Å². The predicted octanol–water partition coefficient (Wildman–Crippen LogP) is 2.95. The van der Waals surface area contributed by atoms with Crippen LogP contribution in [0.2, 0.25) is 0 Å². The number of ether oxygens (including phenoxy) is 1. The summed E-state index contributed by atoms with van der Waals surface area (Å²) in [4.78, 5) is 19.6. The third-order valence-electron chi connectivity index (χ3n) is 5.72. The Morgan fingerprint density at radius 2 is 1.62 bits per heavy atom. The lowest BCUT2D eigenvalue weighted by Gasteiger charge is -2.40. The molecule has 0 unspecified atom stereocenters. The van der Waals surface area contributed by atoms with Gasteiger partial charge in [-0.15, -0.1) is 0 Å². The van der Waals surface area contributed by atoms with Gasteiger partial charge in [0.25, 0.3) is 0 Å². The molecule has 1 aliphatic carbocycles. The van der Waals surface area contributed by atoms with Crippen molar-refractivity contribution in [3.05, 3.63) is 0 Å². The van der Waals surface area contributed by atoms with Crippen molar-refractivity contribution >= 4 is 6.09 Å². The third-order valence-corrected chi connectivity index (χ3v) is 5.72. The summed E-state index contributed by atoms with van der Waals surface area (Å²) in [6.07, 6.45) is 7.71. The van der Waals surface area contributed by atoms with Crippen LogP contribution < -0.4 is 0 Å². The van der Waals surface area contributed by atoms with Crippen molar-refractivity contribution in [2.75, 3.05) is 39.3 Å². The van der Waals surface area contributed by atoms with Crippen molar-refractivity contribution < 1.29 is 9.53 Å². The minimum absolute atomic E-state index is 0.130. The first kappa shape index (κ1) is 18.0. The fourth-order valence-corrected chi connectivity index (χ4v) is 4.46. The summed E-state index contributed by atoms with van der Waals surface area (Å²) < 4.78 is 5.59. The molecule has 5 nitrogen and oxygen atoms in total. The van der Waals surface area contributed by atoms with Crippen LogP contribution in [0.15, 0.2) is 0 Å². The van der Waals surface area contributed by atoms with Crippen molar-refractivity contribution in [1.29, 1.82) is 0 Å². The Labute approximate surface area is 147 Å². The highest BCUT2D eigenvalue weighted by atomic mass is 16.6. The molecule has 0 N–H and O–H groups in total. The molecule has 2 aliphatic heterocycles. The highest BCUT2D eigenvalue weighted by Gasteiger charge is 2.34. The first-order valence-corrected chi connectivity index (χ1v) is 9.88. The van der Waals surface area contributed by atoms with Crippen molar-refractivity contribution in [2.45, 2.75) is 77.0 Å². The van der Waals surface area contributed by atoms with Gasteiger partial charge >= 0.3 is 6.09 Å². The molecule has 1 saturated carbocycles. The van der Waals surface area contributed by atoms with Gasteiger partial charge in [-0.05, 0) is 46.5 Å². The summed E-state index contributed by atoms with van der Waals surface area (Å²) in [6.45, 7) is 12.4. The van der Waals surface area contributed by atoms with Crippen molar-refractivity contribution in [2.24, 2.45) is 0 Å². The minimum atomic E-state index is -0.406. The minimum Gasteiger partial charge on any atom is -0.444 e. The van der Waals surface area contributed by atoms with E-state index >= 15 is 0 Å². The van der Waals surface area contributed by atoms with Crippen molar-refractivity contribution in [3.8, 4) is 0 Å². The topological polar surface area (TPSA) is 36.0 Å². The number of hydrogen-bond donors (Lipinski definition) is 0. The number of hydrogen-bond acceptors (Lipinski definition) is 4. The molecule has 2 saturated heterocycles. The monoisotopic (exact) mass is 337 g/mol. The third kappa shape index (κ3) is 4.63. The first-order chi connectivity index (χ1) is 11.4. The normalized spacial score (nSPS) is 27.8. The van der Waals surface area contributed by atoms with Gasteiger partial charge in [0.2, 0.25) is 0 Å². The molecule has 0 bridgehead atoms. The lowest BCUT2D eigenvalue weighted by molar-refractivity contribution is 0.0167. The summed E-state index contributed by atoms with van der Waals surface area (Å²) >= 11 is 0. The molecule has 1 atom stereocenters. The Bertz CT molecular complexity index is 421. The molecule has 5 heteroatoms. The zero-order chi connectivity index (χ0) is 17.2. The van der Waals surface area contributed by atoms with Crippen LogP contribution in [0.5, 0.6) is 0 Å². The highest BCUT2D eigenvalue weighted by Crippen LogP contribution is 2.25. The second-order valence-corrected chi connectivity index (χ2v) is 8.74. The van der Waals surface area contributed by atoms with Crippen LogP contribution in [0.25, 0.3) is 0 Å². The first-order valence-electron chi connectivity index (χ1n) is 9.88. The maximum atomic E-state index is 12.4. The molecule has 24 heavy (non-hydrogen) atoms. The summed E-state index contributed by atoms with van der Waals surface area (Å²) in [7, 11) is 0. The van der Waals surface area contributed by atoms with Gasteiger partial charge in [0.1, 0.15) is 5.60 Å². The average Bonchev–Trinajstić information content (AvgIpc) is 3.17. The number of piperazine rings is 1. The largest absolute Gasteiger partial charge is 0.444 e. The van der Waals surface area contributed by atoms with Crippen molar-refractivity contribution in [3.63, 3.8) is 0 Å². The van der Waals surface area contributed by atoms with E-state index in [4.69, 9.17) is 4.74 Å². The van der Waals surface area contributed by atoms with Crippen LogP contribution in [-0.4, -0.2) is 77.7 Å². The second kappa shape index (κ2) is 7.61. The van der Waals surface area contributed by atoms with E-state index in [0.717, 1.165) is 45.1 Å². The quantitative estimate of drug-likeness (QED) is 0.793. The number of likely N-dealkylation sites (tertiary alicyclic amines) is 1. The van der Waals surface area contributed by atoms with Gasteiger partial charge in [-0.25, -0.2) is 4.79 Å². The van der Waals surface area contributed by atoms with Crippen molar-refractivity contribution in [1.82, 2.24) is 14.7 Å². The number of nitrogens with zero attached hydrogens (tertiary/aromatic N) is 3. The maximum Gasteiger partial charge on any atom is 0.410 e. The Morgan fingerprint density at radius 1 is 0.958 bits per heavy atom. The molecule has 0 radical (unpaired) electrons. The summed E-state index contributed by atoms with van der Waals surface area (Å²) in [6, 6.07) is 1.18.